The van der Waals surface area contributed by atoms with Gasteiger partial charge in [0.05, 0.1) is 20.8 Å². The normalized spacial score (nSPS) is 14.7. The van der Waals surface area contributed by atoms with Crippen molar-refractivity contribution >= 4 is 17.5 Å². The number of carbonyl (C=O) groups excluding carboxylic acids is 2. The van der Waals surface area contributed by atoms with Crippen LogP contribution in [0.3, 0.4) is 0 Å². The quantitative estimate of drug-likeness (QED) is 0.573. The van der Waals surface area contributed by atoms with E-state index in [9.17, 15) is 9.59 Å². The molecule has 0 fully saturated rings. The van der Waals surface area contributed by atoms with E-state index < -0.39 is 0 Å². The number of nitrogens with one attached hydrogen (secondary N) is 2. The molecule has 0 radical (unpaired) electrons. The molecule has 4 rings (SSSR count). The molecule has 1 aliphatic rings. The lowest BCUT2D eigenvalue weighted by atomic mass is 9.97. The highest BCUT2D eigenvalue weighted by Gasteiger charge is 2.21. The van der Waals surface area contributed by atoms with Crippen LogP contribution in [-0.2, 0) is 11.2 Å². The van der Waals surface area contributed by atoms with Gasteiger partial charge in [-0.2, -0.15) is 0 Å². The summed E-state index contributed by atoms with van der Waals surface area (Å²) in [5, 5.41) is 5.76. The van der Waals surface area contributed by atoms with Gasteiger partial charge in [-0.05, 0) is 60.0 Å². The molecule has 1 aliphatic heterocycles. The van der Waals surface area contributed by atoms with Crippen molar-refractivity contribution in [1.29, 1.82) is 0 Å². The van der Waals surface area contributed by atoms with Gasteiger partial charge in [-0.1, -0.05) is 24.3 Å². The van der Waals surface area contributed by atoms with E-state index in [2.05, 4.69) is 16.7 Å². The maximum absolute atomic E-state index is 12.6. The van der Waals surface area contributed by atoms with Gasteiger partial charge >= 0.3 is 0 Å². The third-order valence-electron chi connectivity index (χ3n) is 5.59. The van der Waals surface area contributed by atoms with Crippen LogP contribution in [0, 0.1) is 0 Å². The maximum atomic E-state index is 12.6. The van der Waals surface area contributed by atoms with Crippen molar-refractivity contribution in [2.24, 2.45) is 0 Å². The topological polar surface area (TPSA) is 85.9 Å². The molecule has 0 aromatic heterocycles. The van der Waals surface area contributed by atoms with Gasteiger partial charge in [-0.25, -0.2) is 0 Å². The molecule has 0 unspecified atom stereocenters. The second-order valence-corrected chi connectivity index (χ2v) is 7.62. The van der Waals surface area contributed by atoms with Crippen molar-refractivity contribution in [1.82, 2.24) is 5.32 Å². The van der Waals surface area contributed by atoms with Crippen molar-refractivity contribution < 1.29 is 23.8 Å². The molecule has 33 heavy (non-hydrogen) atoms. The first-order chi connectivity index (χ1) is 16.1. The second kappa shape index (κ2) is 10.2. The summed E-state index contributed by atoms with van der Waals surface area (Å²) >= 11 is 0. The Morgan fingerprint density at radius 2 is 1.64 bits per heavy atom. The average molecular weight is 447 g/mol. The lowest BCUT2D eigenvalue weighted by Gasteiger charge is -2.26. The minimum atomic E-state index is -0.290. The van der Waals surface area contributed by atoms with Gasteiger partial charge in [-0.3, -0.25) is 9.59 Å². The molecule has 0 spiro atoms. The van der Waals surface area contributed by atoms with Gasteiger partial charge in [0, 0.05) is 23.4 Å². The van der Waals surface area contributed by atoms with Gasteiger partial charge in [0.1, 0.15) is 6.10 Å². The molecule has 0 aliphatic carbocycles. The van der Waals surface area contributed by atoms with Crippen LogP contribution in [0.5, 0.6) is 11.5 Å². The minimum Gasteiger partial charge on any atom is -0.493 e. The summed E-state index contributed by atoms with van der Waals surface area (Å²) in [6.45, 7) is 1.04. The summed E-state index contributed by atoms with van der Waals surface area (Å²) in [6.07, 6.45) is 0.732. The first-order valence-electron chi connectivity index (χ1n) is 10.7. The molecule has 2 N–H and O–H groups in total. The average Bonchev–Trinajstić information content (AvgIpc) is 2.87. The smallest absolute Gasteiger partial charge is 0.255 e. The van der Waals surface area contributed by atoms with Crippen molar-refractivity contribution in [3.8, 4) is 11.5 Å². The predicted octanol–water partition coefficient (Wildman–Crippen LogP) is 4.00. The third kappa shape index (κ3) is 5.15. The first-order valence-corrected chi connectivity index (χ1v) is 10.7. The van der Waals surface area contributed by atoms with E-state index in [0.29, 0.717) is 41.5 Å². The fourth-order valence-corrected chi connectivity index (χ4v) is 3.82. The summed E-state index contributed by atoms with van der Waals surface area (Å²) in [7, 11) is 3.05. The van der Waals surface area contributed by atoms with Crippen LogP contribution in [0.25, 0.3) is 0 Å². The number of rotatable bonds is 7. The molecule has 2 amide bonds. The molecule has 3 aromatic rings. The van der Waals surface area contributed by atoms with E-state index in [1.54, 1.807) is 42.5 Å². The van der Waals surface area contributed by atoms with E-state index in [4.69, 9.17) is 14.2 Å². The van der Waals surface area contributed by atoms with Gasteiger partial charge < -0.3 is 24.8 Å². The van der Waals surface area contributed by atoms with Crippen LogP contribution in [0.1, 0.15) is 37.9 Å². The Bertz CT molecular complexity index is 1140. The van der Waals surface area contributed by atoms with E-state index in [1.165, 1.54) is 19.8 Å². The molecule has 3 aromatic carbocycles. The van der Waals surface area contributed by atoms with Crippen molar-refractivity contribution in [2.75, 3.05) is 32.7 Å². The SMILES string of the molecule is COc1ccc(C(=O)Nc2ccc(C(=O)NC[C@@H]3OCCc4ccccc43)cc2)cc1OC. The van der Waals surface area contributed by atoms with Crippen LogP contribution in [0.15, 0.2) is 66.7 Å². The predicted molar refractivity (Wildman–Crippen MR) is 125 cm³/mol. The molecule has 0 bridgehead atoms. The number of amides is 2. The van der Waals surface area contributed by atoms with E-state index in [0.717, 1.165) is 12.0 Å². The summed E-state index contributed by atoms with van der Waals surface area (Å²) in [4.78, 5) is 25.2. The van der Waals surface area contributed by atoms with Crippen LogP contribution in [0.4, 0.5) is 5.69 Å². The number of benzene rings is 3. The Balaban J connectivity index is 1.35. The number of hydrogen-bond acceptors (Lipinski definition) is 5. The maximum Gasteiger partial charge on any atom is 0.255 e. The van der Waals surface area contributed by atoms with Gasteiger partial charge in [0.2, 0.25) is 0 Å². The Morgan fingerprint density at radius 3 is 2.39 bits per heavy atom. The van der Waals surface area contributed by atoms with E-state index >= 15 is 0 Å². The monoisotopic (exact) mass is 446 g/mol. The summed E-state index contributed by atoms with van der Waals surface area (Å²) in [6, 6.07) is 19.8. The van der Waals surface area contributed by atoms with Crippen molar-refractivity contribution in [3.05, 3.63) is 89.0 Å². The molecule has 0 saturated carbocycles. The number of anilines is 1. The number of fused-ring (bicyclic) bond motifs is 1. The van der Waals surface area contributed by atoms with Gasteiger partial charge in [-0.15, -0.1) is 0 Å². The zero-order chi connectivity index (χ0) is 23.2. The molecule has 0 saturated heterocycles. The minimum absolute atomic E-state index is 0.154. The third-order valence-corrected chi connectivity index (χ3v) is 5.59. The largest absolute Gasteiger partial charge is 0.493 e. The molecular formula is C26H26N2O5. The summed E-state index contributed by atoms with van der Waals surface area (Å²) < 4.78 is 16.3. The number of methoxy groups -OCH3 is 2. The van der Waals surface area contributed by atoms with Crippen LogP contribution in [0.2, 0.25) is 0 Å². The Kier molecular flexibility index (Phi) is 6.90. The van der Waals surface area contributed by atoms with E-state index in [1.807, 2.05) is 18.2 Å². The van der Waals surface area contributed by atoms with Crippen molar-refractivity contribution in [3.63, 3.8) is 0 Å². The van der Waals surface area contributed by atoms with Crippen LogP contribution < -0.4 is 20.1 Å². The lowest BCUT2D eigenvalue weighted by Crippen LogP contribution is -2.31. The number of ether oxygens (including phenoxy) is 3. The van der Waals surface area contributed by atoms with Crippen molar-refractivity contribution in [2.45, 2.75) is 12.5 Å². The van der Waals surface area contributed by atoms with E-state index in [-0.39, 0.29) is 17.9 Å². The zero-order valence-corrected chi connectivity index (χ0v) is 18.6. The van der Waals surface area contributed by atoms with Crippen LogP contribution in [-0.4, -0.2) is 39.2 Å². The number of carbonyl (C=O) groups is 2. The standard InChI is InChI=1S/C26H26N2O5/c1-31-22-12-9-19(15-23(22)32-2)26(30)28-20-10-7-18(8-11-20)25(29)27-16-24-21-6-4-3-5-17(21)13-14-33-24/h3-12,15,24H,13-14,16H2,1-2H3,(H,27,29)(H,28,30)/t24-/m0/s1. The van der Waals surface area contributed by atoms with Gasteiger partial charge in [0.15, 0.2) is 11.5 Å². The molecule has 170 valence electrons. The molecule has 1 heterocycles. The number of hydrogen-bond donors (Lipinski definition) is 2. The van der Waals surface area contributed by atoms with Gasteiger partial charge in [0.25, 0.3) is 11.8 Å². The fraction of sp³-hybridized carbons (Fsp3) is 0.231. The molecule has 7 nitrogen and oxygen atoms in total. The summed E-state index contributed by atoms with van der Waals surface area (Å²) in [5.74, 6) is 0.536. The lowest BCUT2D eigenvalue weighted by molar-refractivity contribution is 0.0411. The second-order valence-electron chi connectivity index (χ2n) is 7.62. The molecule has 7 heteroatoms. The molecular weight excluding hydrogens is 420 g/mol. The fourth-order valence-electron chi connectivity index (χ4n) is 3.82. The Morgan fingerprint density at radius 1 is 0.909 bits per heavy atom. The summed E-state index contributed by atoms with van der Waals surface area (Å²) in [5.41, 5.74) is 3.90. The Labute approximate surface area is 192 Å². The highest BCUT2D eigenvalue weighted by molar-refractivity contribution is 6.05. The first kappa shape index (κ1) is 22.4. The highest BCUT2D eigenvalue weighted by Crippen LogP contribution is 2.28. The highest BCUT2D eigenvalue weighted by atomic mass is 16.5. The zero-order valence-electron chi connectivity index (χ0n) is 18.6. The molecule has 1 atom stereocenters. The Hall–Kier alpha value is -3.84. The van der Waals surface area contributed by atoms with Crippen LogP contribution >= 0.6 is 0 Å².